The highest BCUT2D eigenvalue weighted by molar-refractivity contribution is 5.53. The Hall–Kier alpha value is -2.09. The molecule has 0 spiro atoms. The van der Waals surface area contributed by atoms with Crippen LogP contribution in [0.15, 0.2) is 16.5 Å². The minimum atomic E-state index is -1.29. The van der Waals surface area contributed by atoms with E-state index in [0.717, 1.165) is 19.0 Å². The molecule has 0 radical (unpaired) electrons. The predicted molar refractivity (Wildman–Crippen MR) is 65.9 cm³/mol. The Morgan fingerprint density at radius 3 is 2.75 bits per heavy atom. The second kappa shape index (κ2) is 6.38. The van der Waals surface area contributed by atoms with E-state index in [1.807, 2.05) is 6.92 Å². The Morgan fingerprint density at radius 2 is 2.00 bits per heavy atom. The molecular weight excluding hydrogens is 273 g/mol. The molecule has 1 aromatic heterocycles. The third-order valence-corrected chi connectivity index (χ3v) is 2.40. The highest BCUT2D eigenvalue weighted by Gasteiger charge is 2.14. The van der Waals surface area contributed by atoms with Crippen LogP contribution < -0.4 is 10.6 Å². The van der Waals surface area contributed by atoms with Gasteiger partial charge in [0, 0.05) is 12.1 Å². The van der Waals surface area contributed by atoms with Gasteiger partial charge in [-0.25, -0.2) is 13.2 Å². The van der Waals surface area contributed by atoms with Gasteiger partial charge in [-0.05, 0) is 13.0 Å². The van der Waals surface area contributed by atoms with Crippen LogP contribution in [0.5, 0.6) is 0 Å². The minimum absolute atomic E-state index is 0.137. The summed E-state index contributed by atoms with van der Waals surface area (Å²) >= 11 is 0. The van der Waals surface area contributed by atoms with E-state index in [9.17, 15) is 13.2 Å². The van der Waals surface area contributed by atoms with E-state index in [4.69, 9.17) is 4.42 Å². The molecule has 0 amide bonds. The minimum Gasteiger partial charge on any atom is -0.406 e. The van der Waals surface area contributed by atoms with Crippen molar-refractivity contribution in [2.24, 2.45) is 0 Å². The molecule has 108 valence electrons. The molecule has 0 fully saturated rings. The molecule has 0 aliphatic heterocycles. The number of halogens is 3. The second-order valence-electron chi connectivity index (χ2n) is 4.05. The normalized spacial score (nSPS) is 10.8. The maximum absolute atomic E-state index is 13.4. The Bertz CT molecular complexity index is 588. The monoisotopic (exact) mass is 286 g/mol. The summed E-state index contributed by atoms with van der Waals surface area (Å²) < 4.78 is 44.6. The molecule has 2 rings (SSSR count). The van der Waals surface area contributed by atoms with Crippen molar-refractivity contribution in [2.45, 2.75) is 19.9 Å². The van der Waals surface area contributed by atoms with Crippen LogP contribution >= 0.6 is 0 Å². The molecule has 2 aromatic rings. The smallest absolute Gasteiger partial charge is 0.320 e. The van der Waals surface area contributed by atoms with E-state index in [2.05, 4.69) is 20.8 Å². The summed E-state index contributed by atoms with van der Waals surface area (Å²) in [6.45, 7) is 3.16. The average molecular weight is 286 g/mol. The van der Waals surface area contributed by atoms with Crippen LogP contribution in [-0.2, 0) is 6.54 Å². The molecule has 0 aliphatic rings. The lowest BCUT2D eigenvalue weighted by atomic mass is 10.3. The van der Waals surface area contributed by atoms with E-state index < -0.39 is 23.1 Å². The zero-order valence-electron chi connectivity index (χ0n) is 10.7. The zero-order chi connectivity index (χ0) is 14.5. The van der Waals surface area contributed by atoms with Crippen molar-refractivity contribution < 1.29 is 17.6 Å². The number of rotatable bonds is 6. The molecule has 1 heterocycles. The Morgan fingerprint density at radius 1 is 1.20 bits per heavy atom. The number of benzene rings is 1. The number of hydrogen-bond acceptors (Lipinski definition) is 5. The first-order valence-corrected chi connectivity index (χ1v) is 6.04. The summed E-state index contributed by atoms with van der Waals surface area (Å²) in [5.74, 6) is -3.12. The summed E-state index contributed by atoms with van der Waals surface area (Å²) in [4.78, 5) is 0. The van der Waals surface area contributed by atoms with Gasteiger partial charge in [0.1, 0.15) is 5.82 Å². The summed E-state index contributed by atoms with van der Waals surface area (Å²) in [7, 11) is 0. The Balaban J connectivity index is 2.07. The summed E-state index contributed by atoms with van der Waals surface area (Å²) in [6, 6.07) is 1.12. The van der Waals surface area contributed by atoms with Crippen LogP contribution in [0.3, 0.4) is 0 Å². The van der Waals surface area contributed by atoms with Crippen LogP contribution in [-0.4, -0.2) is 16.7 Å². The van der Waals surface area contributed by atoms with Crippen molar-refractivity contribution in [3.63, 3.8) is 0 Å². The molecule has 0 atom stereocenters. The molecule has 5 nitrogen and oxygen atoms in total. The quantitative estimate of drug-likeness (QED) is 0.631. The third kappa shape index (κ3) is 3.47. The first kappa shape index (κ1) is 14.3. The lowest BCUT2D eigenvalue weighted by Crippen LogP contribution is -2.13. The molecule has 1 aromatic carbocycles. The third-order valence-electron chi connectivity index (χ3n) is 2.40. The van der Waals surface area contributed by atoms with Crippen molar-refractivity contribution in [3.8, 4) is 0 Å². The maximum atomic E-state index is 13.4. The highest BCUT2D eigenvalue weighted by atomic mass is 19.2. The molecule has 0 saturated heterocycles. The van der Waals surface area contributed by atoms with Gasteiger partial charge in [0.2, 0.25) is 5.89 Å². The second-order valence-corrected chi connectivity index (χ2v) is 4.05. The molecule has 0 bridgehead atoms. The Kier molecular flexibility index (Phi) is 4.57. The standard InChI is InChI=1S/C12H13F3N4O/c1-2-3-16-6-10-18-19-12(20-10)17-9-5-7(13)4-8(14)11(9)15/h4-5,16H,2-3,6H2,1H3,(H,17,19). The number of nitrogens with zero attached hydrogens (tertiary/aromatic N) is 2. The molecule has 8 heteroatoms. The largest absolute Gasteiger partial charge is 0.406 e. The van der Waals surface area contributed by atoms with Gasteiger partial charge in [-0.3, -0.25) is 0 Å². The summed E-state index contributed by atoms with van der Waals surface area (Å²) in [5.41, 5.74) is -0.404. The predicted octanol–water partition coefficient (Wildman–Crippen LogP) is 2.73. The van der Waals surface area contributed by atoms with E-state index in [1.54, 1.807) is 0 Å². The van der Waals surface area contributed by atoms with Crippen molar-refractivity contribution in [2.75, 3.05) is 11.9 Å². The van der Waals surface area contributed by atoms with E-state index >= 15 is 0 Å². The van der Waals surface area contributed by atoms with Crippen molar-refractivity contribution in [1.82, 2.24) is 15.5 Å². The number of anilines is 2. The van der Waals surface area contributed by atoms with Crippen LogP contribution in [0.25, 0.3) is 0 Å². The van der Waals surface area contributed by atoms with Gasteiger partial charge >= 0.3 is 6.01 Å². The van der Waals surface area contributed by atoms with Gasteiger partial charge in [-0.2, -0.15) is 0 Å². The first-order chi connectivity index (χ1) is 9.60. The topological polar surface area (TPSA) is 63.0 Å². The molecule has 2 N–H and O–H groups in total. The van der Waals surface area contributed by atoms with Crippen LogP contribution in [0.4, 0.5) is 24.9 Å². The zero-order valence-corrected chi connectivity index (χ0v) is 10.7. The van der Waals surface area contributed by atoms with Gasteiger partial charge in [0.15, 0.2) is 11.6 Å². The van der Waals surface area contributed by atoms with Gasteiger partial charge in [-0.15, -0.1) is 5.10 Å². The number of hydrogen-bond donors (Lipinski definition) is 2. The molecule has 20 heavy (non-hydrogen) atoms. The van der Waals surface area contributed by atoms with Crippen LogP contribution in [0.1, 0.15) is 19.2 Å². The van der Waals surface area contributed by atoms with Crippen LogP contribution in [0, 0.1) is 17.5 Å². The summed E-state index contributed by atoms with van der Waals surface area (Å²) in [5, 5.41) is 12.7. The fourth-order valence-electron chi connectivity index (χ4n) is 1.51. The maximum Gasteiger partial charge on any atom is 0.320 e. The Labute approximate surface area is 113 Å². The highest BCUT2D eigenvalue weighted by Crippen LogP contribution is 2.22. The van der Waals surface area contributed by atoms with Crippen molar-refractivity contribution in [3.05, 3.63) is 35.5 Å². The summed E-state index contributed by atoms with van der Waals surface area (Å²) in [6.07, 6.45) is 0.951. The van der Waals surface area contributed by atoms with Crippen molar-refractivity contribution in [1.29, 1.82) is 0 Å². The van der Waals surface area contributed by atoms with Crippen LogP contribution in [0.2, 0.25) is 0 Å². The number of nitrogens with one attached hydrogen (secondary N) is 2. The van der Waals surface area contributed by atoms with Gasteiger partial charge < -0.3 is 15.1 Å². The molecular formula is C12H13F3N4O. The van der Waals surface area contributed by atoms with E-state index in [1.165, 1.54) is 0 Å². The lowest BCUT2D eigenvalue weighted by molar-refractivity contribution is 0.476. The first-order valence-electron chi connectivity index (χ1n) is 6.04. The molecule has 0 aliphatic carbocycles. The van der Waals surface area contributed by atoms with E-state index in [0.29, 0.717) is 18.5 Å². The average Bonchev–Trinajstić information content (AvgIpc) is 2.83. The molecule has 0 unspecified atom stereocenters. The van der Waals surface area contributed by atoms with Crippen molar-refractivity contribution >= 4 is 11.7 Å². The van der Waals surface area contributed by atoms with Gasteiger partial charge in [-0.1, -0.05) is 12.0 Å². The SMILES string of the molecule is CCCNCc1nnc(Nc2cc(F)cc(F)c2F)o1. The fourth-order valence-corrected chi connectivity index (χ4v) is 1.51. The van der Waals surface area contributed by atoms with Gasteiger partial charge in [0.05, 0.1) is 12.2 Å². The van der Waals surface area contributed by atoms with Gasteiger partial charge in [0.25, 0.3) is 0 Å². The molecule has 0 saturated carbocycles. The number of aromatic nitrogens is 2. The van der Waals surface area contributed by atoms with E-state index in [-0.39, 0.29) is 6.01 Å². The lowest BCUT2D eigenvalue weighted by Gasteiger charge is -2.04. The fraction of sp³-hybridized carbons (Fsp3) is 0.333.